The number of hydrogen-bond acceptors (Lipinski definition) is 6. The topological polar surface area (TPSA) is 110 Å². The van der Waals surface area contributed by atoms with Gasteiger partial charge in [0.25, 0.3) is 0 Å². The first-order valence-corrected chi connectivity index (χ1v) is 12.1. The van der Waals surface area contributed by atoms with E-state index in [1.807, 2.05) is 45.0 Å². The maximum Gasteiger partial charge on any atom is 0.249 e. The molecule has 9 heteroatoms. The molecule has 0 spiro atoms. The number of carbonyl (C=O) groups is 2. The number of para-hydroxylation sites is 1. The number of ether oxygens (including phenoxy) is 1. The lowest BCUT2D eigenvalue weighted by molar-refractivity contribution is -0.128. The predicted molar refractivity (Wildman–Crippen MR) is 141 cm³/mol. The van der Waals surface area contributed by atoms with E-state index in [2.05, 4.69) is 15.6 Å². The average Bonchev–Trinajstić information content (AvgIpc) is 3.30. The number of nitrogens with one attached hydrogen (secondary N) is 1. The molecule has 4 rings (SSSR count). The molecular weight excluding hydrogens is 470 g/mol. The standard InChI is InChI=1S/C28H31N5O4/c1-5-28(2,3)29-27(36)26(19-13-15-21(34)16-14-19)33(20-9-8-10-22(17-20)37-4)25(35)18-32-24-12-7-6-11-23(24)30-31-32/h6-17,26,34H,5,18H2,1-4H3,(H,29,36). The van der Waals surface area contributed by atoms with Crippen molar-refractivity contribution < 1.29 is 19.4 Å². The highest BCUT2D eigenvalue weighted by atomic mass is 16.5. The van der Waals surface area contributed by atoms with Gasteiger partial charge in [-0.15, -0.1) is 5.10 Å². The van der Waals surface area contributed by atoms with Gasteiger partial charge in [0.2, 0.25) is 11.8 Å². The molecule has 1 unspecified atom stereocenters. The van der Waals surface area contributed by atoms with E-state index >= 15 is 0 Å². The number of amides is 2. The number of rotatable bonds is 9. The Bertz CT molecular complexity index is 1400. The zero-order valence-electron chi connectivity index (χ0n) is 21.4. The van der Waals surface area contributed by atoms with E-state index in [0.717, 1.165) is 0 Å². The van der Waals surface area contributed by atoms with Gasteiger partial charge in [0.05, 0.1) is 12.6 Å². The first-order valence-electron chi connectivity index (χ1n) is 12.1. The highest BCUT2D eigenvalue weighted by Gasteiger charge is 2.35. The van der Waals surface area contributed by atoms with E-state index in [-0.39, 0.29) is 24.1 Å². The van der Waals surface area contributed by atoms with Gasteiger partial charge < -0.3 is 15.2 Å². The second-order valence-corrected chi connectivity index (χ2v) is 9.42. The summed E-state index contributed by atoms with van der Waals surface area (Å²) in [5.74, 6) is -0.117. The van der Waals surface area contributed by atoms with Gasteiger partial charge in [-0.2, -0.15) is 0 Å². The number of aromatic hydroxyl groups is 1. The minimum Gasteiger partial charge on any atom is -0.508 e. The number of phenols is 1. The van der Waals surface area contributed by atoms with Crippen LogP contribution >= 0.6 is 0 Å². The van der Waals surface area contributed by atoms with Crippen LogP contribution in [0.4, 0.5) is 5.69 Å². The maximum absolute atomic E-state index is 14.0. The molecule has 0 bridgehead atoms. The number of aromatic nitrogens is 3. The van der Waals surface area contributed by atoms with Crippen LogP contribution in [-0.4, -0.2) is 44.6 Å². The highest BCUT2D eigenvalue weighted by Crippen LogP contribution is 2.32. The lowest BCUT2D eigenvalue weighted by Gasteiger charge is -2.34. The summed E-state index contributed by atoms with van der Waals surface area (Å²) in [6.07, 6.45) is 0.694. The van der Waals surface area contributed by atoms with Crippen LogP contribution < -0.4 is 15.0 Å². The Hall–Kier alpha value is -4.40. The molecule has 0 saturated heterocycles. The van der Waals surface area contributed by atoms with E-state index in [9.17, 15) is 14.7 Å². The van der Waals surface area contributed by atoms with Crippen molar-refractivity contribution >= 4 is 28.5 Å². The van der Waals surface area contributed by atoms with Crippen LogP contribution in [-0.2, 0) is 16.1 Å². The fourth-order valence-corrected chi connectivity index (χ4v) is 4.00. The highest BCUT2D eigenvalue weighted by molar-refractivity contribution is 6.01. The van der Waals surface area contributed by atoms with Crippen molar-refractivity contribution in [3.63, 3.8) is 0 Å². The molecule has 2 amide bonds. The Kier molecular flexibility index (Phi) is 7.42. The van der Waals surface area contributed by atoms with E-state index in [4.69, 9.17) is 4.74 Å². The van der Waals surface area contributed by atoms with Crippen molar-refractivity contribution in [2.24, 2.45) is 0 Å². The summed E-state index contributed by atoms with van der Waals surface area (Å²) >= 11 is 0. The summed E-state index contributed by atoms with van der Waals surface area (Å²) in [6.45, 7) is 5.70. The van der Waals surface area contributed by atoms with E-state index in [1.165, 1.54) is 21.7 Å². The first kappa shape index (κ1) is 25.7. The van der Waals surface area contributed by atoms with E-state index in [1.54, 1.807) is 43.5 Å². The number of methoxy groups -OCH3 is 1. The van der Waals surface area contributed by atoms with Gasteiger partial charge >= 0.3 is 0 Å². The summed E-state index contributed by atoms with van der Waals surface area (Å²) in [7, 11) is 1.54. The molecule has 1 atom stereocenters. The summed E-state index contributed by atoms with van der Waals surface area (Å²) < 4.78 is 6.93. The molecule has 0 aliphatic rings. The second kappa shape index (κ2) is 10.7. The Labute approximate surface area is 215 Å². The number of benzene rings is 3. The van der Waals surface area contributed by atoms with Crippen molar-refractivity contribution in [3.8, 4) is 11.5 Å². The molecule has 2 N–H and O–H groups in total. The normalized spacial score (nSPS) is 12.2. The van der Waals surface area contributed by atoms with Gasteiger partial charge in [-0.1, -0.05) is 42.5 Å². The maximum atomic E-state index is 14.0. The first-order chi connectivity index (χ1) is 17.7. The van der Waals surface area contributed by atoms with Gasteiger partial charge in [0.1, 0.15) is 29.6 Å². The molecule has 0 saturated carbocycles. The molecule has 4 aromatic rings. The summed E-state index contributed by atoms with van der Waals surface area (Å²) in [5.41, 5.74) is 1.90. The Morgan fingerprint density at radius 1 is 1.08 bits per heavy atom. The van der Waals surface area contributed by atoms with Crippen molar-refractivity contribution in [1.29, 1.82) is 0 Å². The summed E-state index contributed by atoms with van der Waals surface area (Å²) in [6, 6.07) is 19.6. The second-order valence-electron chi connectivity index (χ2n) is 9.42. The summed E-state index contributed by atoms with van der Waals surface area (Å²) in [4.78, 5) is 29.4. The largest absolute Gasteiger partial charge is 0.508 e. The molecule has 37 heavy (non-hydrogen) atoms. The van der Waals surface area contributed by atoms with Crippen LogP contribution in [0.15, 0.2) is 72.8 Å². The average molecular weight is 502 g/mol. The van der Waals surface area contributed by atoms with E-state index in [0.29, 0.717) is 34.5 Å². The van der Waals surface area contributed by atoms with Gasteiger partial charge in [-0.05, 0) is 62.2 Å². The lowest BCUT2D eigenvalue weighted by atomic mass is 9.98. The van der Waals surface area contributed by atoms with Crippen molar-refractivity contribution in [3.05, 3.63) is 78.4 Å². The van der Waals surface area contributed by atoms with Gasteiger partial charge in [-0.25, -0.2) is 4.68 Å². The van der Waals surface area contributed by atoms with Gasteiger partial charge in [0, 0.05) is 17.3 Å². The lowest BCUT2D eigenvalue weighted by Crippen LogP contribution is -2.51. The fourth-order valence-electron chi connectivity index (χ4n) is 4.00. The van der Waals surface area contributed by atoms with Crippen molar-refractivity contribution in [1.82, 2.24) is 20.3 Å². The fraction of sp³-hybridized carbons (Fsp3) is 0.286. The third-order valence-corrected chi connectivity index (χ3v) is 6.37. The zero-order chi connectivity index (χ0) is 26.6. The van der Waals surface area contributed by atoms with Crippen LogP contribution in [0, 0.1) is 0 Å². The molecular formula is C28H31N5O4. The number of fused-ring (bicyclic) bond motifs is 1. The van der Waals surface area contributed by atoms with Crippen LogP contribution in [0.5, 0.6) is 11.5 Å². The van der Waals surface area contributed by atoms with Crippen molar-refractivity contribution in [2.75, 3.05) is 12.0 Å². The monoisotopic (exact) mass is 501 g/mol. The van der Waals surface area contributed by atoms with Gasteiger partial charge in [0.15, 0.2) is 0 Å². The molecule has 0 fully saturated rings. The van der Waals surface area contributed by atoms with Crippen LogP contribution in [0.2, 0.25) is 0 Å². The third kappa shape index (κ3) is 5.72. The van der Waals surface area contributed by atoms with E-state index < -0.39 is 11.6 Å². The van der Waals surface area contributed by atoms with Crippen molar-refractivity contribution in [2.45, 2.75) is 45.3 Å². The molecule has 1 heterocycles. The number of anilines is 1. The molecule has 192 valence electrons. The molecule has 1 aromatic heterocycles. The van der Waals surface area contributed by atoms with Crippen LogP contribution in [0.1, 0.15) is 38.8 Å². The molecule has 9 nitrogen and oxygen atoms in total. The van der Waals surface area contributed by atoms with Crippen LogP contribution in [0.3, 0.4) is 0 Å². The quantitative estimate of drug-likeness (QED) is 0.355. The molecule has 0 aliphatic carbocycles. The number of carbonyl (C=O) groups excluding carboxylic acids is 2. The number of phenolic OH excluding ortho intramolecular Hbond substituents is 1. The van der Waals surface area contributed by atoms with Crippen LogP contribution in [0.25, 0.3) is 11.0 Å². The minimum atomic E-state index is -1.03. The SMILES string of the molecule is CCC(C)(C)NC(=O)C(c1ccc(O)cc1)N(C(=O)Cn1nnc2ccccc21)c1cccc(OC)c1. The Morgan fingerprint density at radius 2 is 1.81 bits per heavy atom. The zero-order valence-corrected chi connectivity index (χ0v) is 21.4. The molecule has 3 aromatic carbocycles. The Balaban J connectivity index is 1.83. The summed E-state index contributed by atoms with van der Waals surface area (Å²) in [5, 5.41) is 21.3. The molecule has 0 aliphatic heterocycles. The predicted octanol–water partition coefficient (Wildman–Crippen LogP) is 4.22. The number of nitrogens with zero attached hydrogens (tertiary/aromatic N) is 4. The molecule has 0 radical (unpaired) electrons. The third-order valence-electron chi connectivity index (χ3n) is 6.37. The smallest absolute Gasteiger partial charge is 0.249 e. The number of hydrogen-bond donors (Lipinski definition) is 2. The minimum absolute atomic E-state index is 0.0603. The Morgan fingerprint density at radius 3 is 2.51 bits per heavy atom. The van der Waals surface area contributed by atoms with Gasteiger partial charge in [-0.3, -0.25) is 14.5 Å².